The Hall–Kier alpha value is -5.54. The molecule has 0 fully saturated rings. The number of anilines is 3. The molecule has 44 heavy (non-hydrogen) atoms. The van der Waals surface area contributed by atoms with Crippen molar-refractivity contribution in [3.63, 3.8) is 0 Å². The number of hydrogen-bond donors (Lipinski definition) is 0. The Morgan fingerprint density at radius 3 is 1.66 bits per heavy atom. The molecule has 0 bridgehead atoms. The first-order valence-corrected chi connectivity index (χ1v) is 15.1. The van der Waals surface area contributed by atoms with Gasteiger partial charge in [-0.25, -0.2) is 9.97 Å². The molecule has 6 aromatic carbocycles. The second-order valence-electron chi connectivity index (χ2n) is 11.9. The molecule has 0 N–H and O–H groups in total. The Labute approximate surface area is 258 Å². The molecule has 0 aliphatic carbocycles. The summed E-state index contributed by atoms with van der Waals surface area (Å²) in [6.07, 6.45) is 0. The average molecular weight is 566 g/mol. The van der Waals surface area contributed by atoms with E-state index < -0.39 is 0 Å². The van der Waals surface area contributed by atoms with Gasteiger partial charge in [0.15, 0.2) is 5.82 Å². The maximum atomic E-state index is 5.05. The van der Waals surface area contributed by atoms with Crippen molar-refractivity contribution in [1.82, 2.24) is 9.97 Å². The van der Waals surface area contributed by atoms with Crippen molar-refractivity contribution < 1.29 is 0 Å². The highest BCUT2D eigenvalue weighted by atomic mass is 15.2. The fraction of sp³-hybridized carbons (Fsp3) is 0.0732. The molecule has 0 unspecified atom stereocenters. The van der Waals surface area contributed by atoms with Crippen LogP contribution in [0.5, 0.6) is 0 Å². The summed E-state index contributed by atoms with van der Waals surface area (Å²) in [4.78, 5) is 12.5. The van der Waals surface area contributed by atoms with Crippen LogP contribution in [0.1, 0.15) is 25.0 Å². The third kappa shape index (κ3) is 4.28. The monoisotopic (exact) mass is 565 g/mol. The summed E-state index contributed by atoms with van der Waals surface area (Å²) in [5.74, 6) is 0.731. The van der Waals surface area contributed by atoms with E-state index in [4.69, 9.17) is 9.97 Å². The Balaban J connectivity index is 1.23. The third-order valence-electron chi connectivity index (χ3n) is 8.87. The zero-order chi connectivity index (χ0) is 29.7. The lowest BCUT2D eigenvalue weighted by Gasteiger charge is -2.42. The fourth-order valence-electron chi connectivity index (χ4n) is 6.59. The predicted molar refractivity (Wildman–Crippen MR) is 183 cm³/mol. The molecule has 3 nitrogen and oxygen atoms in total. The quantitative estimate of drug-likeness (QED) is 0.213. The van der Waals surface area contributed by atoms with Crippen molar-refractivity contribution in [1.29, 1.82) is 0 Å². The van der Waals surface area contributed by atoms with E-state index in [0.29, 0.717) is 0 Å². The third-order valence-corrected chi connectivity index (χ3v) is 8.87. The maximum absolute atomic E-state index is 5.05. The molecule has 0 saturated heterocycles. The van der Waals surface area contributed by atoms with Crippen molar-refractivity contribution in [2.24, 2.45) is 0 Å². The first-order chi connectivity index (χ1) is 21.6. The second kappa shape index (κ2) is 10.3. The van der Waals surface area contributed by atoms with Gasteiger partial charge in [-0.05, 0) is 58.7 Å². The minimum atomic E-state index is -0.0756. The number of hydrogen-bond acceptors (Lipinski definition) is 3. The highest BCUT2D eigenvalue weighted by Crippen LogP contribution is 2.51. The largest absolute Gasteiger partial charge is 0.310 e. The molecule has 3 heteroatoms. The van der Waals surface area contributed by atoms with E-state index in [1.165, 1.54) is 22.5 Å². The van der Waals surface area contributed by atoms with Gasteiger partial charge >= 0.3 is 0 Å². The Morgan fingerprint density at radius 1 is 0.477 bits per heavy atom. The number of nitrogens with zero attached hydrogens (tertiary/aromatic N) is 3. The lowest BCUT2D eigenvalue weighted by atomic mass is 9.73. The van der Waals surface area contributed by atoms with E-state index in [-0.39, 0.29) is 5.41 Å². The highest BCUT2D eigenvalue weighted by molar-refractivity contribution is 5.96. The van der Waals surface area contributed by atoms with Crippen LogP contribution in [-0.4, -0.2) is 9.97 Å². The van der Waals surface area contributed by atoms with Gasteiger partial charge in [-0.3, -0.25) is 0 Å². The second-order valence-corrected chi connectivity index (χ2v) is 11.9. The van der Waals surface area contributed by atoms with E-state index in [9.17, 15) is 0 Å². The average Bonchev–Trinajstić information content (AvgIpc) is 3.09. The van der Waals surface area contributed by atoms with Crippen molar-refractivity contribution in [3.8, 4) is 33.8 Å². The zero-order valence-electron chi connectivity index (χ0n) is 24.8. The van der Waals surface area contributed by atoms with Crippen LogP contribution in [0.3, 0.4) is 0 Å². The molecular formula is C41H31N3. The van der Waals surface area contributed by atoms with Crippen molar-refractivity contribution in [2.45, 2.75) is 19.3 Å². The number of para-hydroxylation sites is 2. The summed E-state index contributed by atoms with van der Waals surface area (Å²) in [7, 11) is 0. The van der Waals surface area contributed by atoms with Crippen LogP contribution in [-0.2, 0) is 5.41 Å². The summed E-state index contributed by atoms with van der Waals surface area (Å²) < 4.78 is 0. The fourth-order valence-corrected chi connectivity index (χ4v) is 6.59. The molecule has 0 atom stereocenters. The molecule has 7 aromatic rings. The molecule has 0 spiro atoms. The van der Waals surface area contributed by atoms with Crippen LogP contribution in [0.15, 0.2) is 152 Å². The van der Waals surface area contributed by atoms with Crippen LogP contribution in [0.25, 0.3) is 44.7 Å². The minimum absolute atomic E-state index is 0.0756. The summed E-state index contributed by atoms with van der Waals surface area (Å²) in [6.45, 7) is 4.64. The summed E-state index contributed by atoms with van der Waals surface area (Å²) in [6, 6.07) is 53.6. The van der Waals surface area contributed by atoms with Crippen LogP contribution >= 0.6 is 0 Å². The van der Waals surface area contributed by atoms with Gasteiger partial charge in [0.05, 0.1) is 22.6 Å². The first kappa shape index (κ1) is 26.1. The van der Waals surface area contributed by atoms with Gasteiger partial charge in [-0.15, -0.1) is 0 Å². The number of fused-ring (bicyclic) bond motifs is 3. The molecule has 8 rings (SSSR count). The summed E-state index contributed by atoms with van der Waals surface area (Å²) in [5, 5.41) is 1.04. The molecule has 0 amide bonds. The molecule has 0 saturated carbocycles. The lowest BCUT2D eigenvalue weighted by molar-refractivity contribution is 0.632. The first-order valence-electron chi connectivity index (χ1n) is 15.1. The molecule has 1 aromatic heterocycles. The van der Waals surface area contributed by atoms with Gasteiger partial charge < -0.3 is 4.90 Å². The van der Waals surface area contributed by atoms with Gasteiger partial charge in [0.1, 0.15) is 0 Å². The number of aromatic nitrogens is 2. The maximum Gasteiger partial charge on any atom is 0.160 e. The summed E-state index contributed by atoms with van der Waals surface area (Å²) >= 11 is 0. The molecule has 210 valence electrons. The van der Waals surface area contributed by atoms with E-state index in [0.717, 1.165) is 50.4 Å². The van der Waals surface area contributed by atoms with Gasteiger partial charge in [0.25, 0.3) is 0 Å². The van der Waals surface area contributed by atoms with Crippen molar-refractivity contribution in [2.75, 3.05) is 4.90 Å². The standard InChI is InChI=1S/C41H31N3/c1-41(2)34-17-9-11-19-37(34)44(38-20-12-10-18-35(38)41)32-24-21-28(22-25-32)31-23-26-33-36(27-31)42-40(30-15-7-4-8-16-30)43-39(33)29-13-5-3-6-14-29/h3-27H,1-2H3. The van der Waals surface area contributed by atoms with Crippen LogP contribution in [0.2, 0.25) is 0 Å². The Morgan fingerprint density at radius 2 is 1.02 bits per heavy atom. The Bertz CT molecular complexity index is 2080. The lowest BCUT2D eigenvalue weighted by Crippen LogP contribution is -2.30. The molecule has 1 aliphatic rings. The van der Waals surface area contributed by atoms with Crippen molar-refractivity contribution in [3.05, 3.63) is 163 Å². The van der Waals surface area contributed by atoms with Gasteiger partial charge in [-0.2, -0.15) is 0 Å². The van der Waals surface area contributed by atoms with Crippen LogP contribution < -0.4 is 4.90 Å². The van der Waals surface area contributed by atoms with Gasteiger partial charge in [0, 0.05) is 27.6 Å². The SMILES string of the molecule is CC1(C)c2ccccc2N(c2ccc(-c3ccc4c(-c5ccccc5)nc(-c5ccccc5)nc4c3)cc2)c2ccccc21. The van der Waals surface area contributed by atoms with Gasteiger partial charge in [0.2, 0.25) is 0 Å². The zero-order valence-corrected chi connectivity index (χ0v) is 24.8. The molecular weight excluding hydrogens is 534 g/mol. The van der Waals surface area contributed by atoms with E-state index in [1.54, 1.807) is 0 Å². The highest BCUT2D eigenvalue weighted by Gasteiger charge is 2.36. The Kier molecular flexibility index (Phi) is 6.13. The predicted octanol–water partition coefficient (Wildman–Crippen LogP) is 10.7. The molecule has 1 aliphatic heterocycles. The smallest absolute Gasteiger partial charge is 0.160 e. The topological polar surface area (TPSA) is 29.0 Å². The van der Waals surface area contributed by atoms with Crippen LogP contribution in [0, 0.1) is 0 Å². The van der Waals surface area contributed by atoms with E-state index in [2.05, 4.69) is 146 Å². The number of benzene rings is 6. The minimum Gasteiger partial charge on any atom is -0.310 e. The van der Waals surface area contributed by atoms with E-state index >= 15 is 0 Å². The van der Waals surface area contributed by atoms with E-state index in [1.807, 2.05) is 24.3 Å². The normalized spacial score (nSPS) is 13.4. The van der Waals surface area contributed by atoms with Crippen LogP contribution in [0.4, 0.5) is 17.1 Å². The summed E-state index contributed by atoms with van der Waals surface area (Å²) in [5.41, 5.74) is 12.4. The molecule has 2 heterocycles. The molecule has 0 radical (unpaired) electrons. The van der Waals surface area contributed by atoms with Crippen molar-refractivity contribution >= 4 is 28.0 Å². The number of rotatable bonds is 4. The van der Waals surface area contributed by atoms with Gasteiger partial charge in [-0.1, -0.05) is 129 Å².